The standard InChI is InChI=1S/C53H38N2/c1-53(2)48-23-12-11-20-45(48)47-22-13-21-42(51(47)53)38-30-26-36(27-31-38)35-24-28-37(29-25-35)41-32-33-46(44-19-10-9-18-43(41)44)50-34-49(39-14-5-3-6-15-39)54-52(55-50)40-16-7-4-8-17-40/h3-34H,1-2H3. The average Bonchev–Trinajstić information content (AvgIpc) is 3.50. The van der Waals surface area contributed by atoms with Crippen LogP contribution in [0.5, 0.6) is 0 Å². The number of fused-ring (bicyclic) bond motifs is 4. The van der Waals surface area contributed by atoms with Crippen LogP contribution in [0.15, 0.2) is 194 Å². The van der Waals surface area contributed by atoms with Crippen LogP contribution in [-0.4, -0.2) is 9.97 Å². The zero-order chi connectivity index (χ0) is 36.9. The Bertz CT molecular complexity index is 2800. The van der Waals surface area contributed by atoms with Crippen molar-refractivity contribution >= 4 is 10.8 Å². The SMILES string of the molecule is CC1(C)c2ccccc2-c2cccc(-c3ccc(-c4ccc(-c5ccc(-c6cc(-c7ccccc7)nc(-c7ccccc7)n6)c6ccccc56)cc4)cc3)c21. The van der Waals surface area contributed by atoms with E-state index in [1.54, 1.807) is 0 Å². The number of hydrogen-bond acceptors (Lipinski definition) is 2. The van der Waals surface area contributed by atoms with Gasteiger partial charge >= 0.3 is 0 Å². The van der Waals surface area contributed by atoms with Gasteiger partial charge in [0, 0.05) is 22.1 Å². The smallest absolute Gasteiger partial charge is 0.160 e. The van der Waals surface area contributed by atoms with Gasteiger partial charge in [0.2, 0.25) is 0 Å². The summed E-state index contributed by atoms with van der Waals surface area (Å²) in [6.07, 6.45) is 0. The lowest BCUT2D eigenvalue weighted by Crippen LogP contribution is -2.16. The van der Waals surface area contributed by atoms with Crippen molar-refractivity contribution in [2.24, 2.45) is 0 Å². The highest BCUT2D eigenvalue weighted by Crippen LogP contribution is 2.52. The fourth-order valence-corrected chi connectivity index (χ4v) is 8.61. The summed E-state index contributed by atoms with van der Waals surface area (Å²) in [4.78, 5) is 10.2. The molecule has 0 saturated heterocycles. The summed E-state index contributed by atoms with van der Waals surface area (Å²) in [6, 6.07) is 69.5. The van der Waals surface area contributed by atoms with Gasteiger partial charge < -0.3 is 0 Å². The Morgan fingerprint density at radius 1 is 0.327 bits per heavy atom. The van der Waals surface area contributed by atoms with Gasteiger partial charge in [0.05, 0.1) is 11.4 Å². The Kier molecular flexibility index (Phi) is 7.85. The summed E-state index contributed by atoms with van der Waals surface area (Å²) in [5, 5.41) is 2.36. The number of rotatable bonds is 6. The van der Waals surface area contributed by atoms with Crippen molar-refractivity contribution in [3.63, 3.8) is 0 Å². The highest BCUT2D eigenvalue weighted by Gasteiger charge is 2.37. The minimum absolute atomic E-state index is 0.0512. The van der Waals surface area contributed by atoms with Gasteiger partial charge in [0.15, 0.2) is 5.82 Å². The molecule has 1 heterocycles. The maximum atomic E-state index is 5.14. The summed E-state index contributed by atoms with van der Waals surface area (Å²) in [5.74, 6) is 0.718. The molecule has 1 aliphatic rings. The third-order valence-corrected chi connectivity index (χ3v) is 11.3. The Labute approximate surface area is 322 Å². The van der Waals surface area contributed by atoms with Crippen LogP contribution in [0.3, 0.4) is 0 Å². The minimum atomic E-state index is -0.0512. The van der Waals surface area contributed by atoms with Crippen LogP contribution < -0.4 is 0 Å². The summed E-state index contributed by atoms with van der Waals surface area (Å²) in [7, 11) is 0. The molecule has 0 bridgehead atoms. The fourth-order valence-electron chi connectivity index (χ4n) is 8.61. The lowest BCUT2D eigenvalue weighted by Gasteiger charge is -2.24. The number of nitrogens with zero attached hydrogens (tertiary/aromatic N) is 2. The zero-order valence-electron chi connectivity index (χ0n) is 30.9. The molecule has 55 heavy (non-hydrogen) atoms. The largest absolute Gasteiger partial charge is 0.228 e. The van der Waals surface area contributed by atoms with Crippen molar-refractivity contribution < 1.29 is 0 Å². The second-order valence-electron chi connectivity index (χ2n) is 15.0. The van der Waals surface area contributed by atoms with Gasteiger partial charge in [-0.15, -0.1) is 0 Å². The van der Waals surface area contributed by atoms with Crippen molar-refractivity contribution in [1.82, 2.24) is 9.97 Å². The fraction of sp³-hybridized carbons (Fsp3) is 0.0566. The molecular formula is C53H38N2. The first kappa shape index (κ1) is 32.7. The first-order chi connectivity index (χ1) is 27.0. The van der Waals surface area contributed by atoms with Crippen LogP contribution in [0.1, 0.15) is 25.0 Å². The quantitative estimate of drug-likeness (QED) is 0.172. The molecule has 0 spiro atoms. The summed E-state index contributed by atoms with van der Waals surface area (Å²) < 4.78 is 0. The minimum Gasteiger partial charge on any atom is -0.228 e. The van der Waals surface area contributed by atoms with Gasteiger partial charge in [-0.2, -0.15) is 0 Å². The van der Waals surface area contributed by atoms with Gasteiger partial charge in [0.1, 0.15) is 0 Å². The van der Waals surface area contributed by atoms with Gasteiger partial charge in [-0.05, 0) is 72.5 Å². The van der Waals surface area contributed by atoms with E-state index >= 15 is 0 Å². The molecule has 0 unspecified atom stereocenters. The van der Waals surface area contributed by atoms with E-state index in [1.165, 1.54) is 61.0 Å². The lowest BCUT2D eigenvalue weighted by molar-refractivity contribution is 0.662. The average molecular weight is 703 g/mol. The van der Waals surface area contributed by atoms with Crippen molar-refractivity contribution in [2.45, 2.75) is 19.3 Å². The second-order valence-corrected chi connectivity index (χ2v) is 15.0. The topological polar surface area (TPSA) is 25.8 Å². The molecule has 1 aromatic heterocycles. The summed E-state index contributed by atoms with van der Waals surface area (Å²) in [5.41, 5.74) is 17.8. The van der Waals surface area contributed by atoms with E-state index in [0.29, 0.717) is 0 Å². The first-order valence-corrected chi connectivity index (χ1v) is 19.0. The van der Waals surface area contributed by atoms with Crippen LogP contribution in [-0.2, 0) is 5.41 Å². The predicted molar refractivity (Wildman–Crippen MR) is 230 cm³/mol. The van der Waals surface area contributed by atoms with E-state index in [2.05, 4.69) is 184 Å². The third-order valence-electron chi connectivity index (χ3n) is 11.3. The van der Waals surface area contributed by atoms with Gasteiger partial charge in [-0.25, -0.2) is 9.97 Å². The Morgan fingerprint density at radius 3 is 1.51 bits per heavy atom. The molecule has 0 N–H and O–H groups in total. The van der Waals surface area contributed by atoms with E-state index < -0.39 is 0 Å². The summed E-state index contributed by atoms with van der Waals surface area (Å²) >= 11 is 0. The lowest BCUT2D eigenvalue weighted by atomic mass is 9.79. The van der Waals surface area contributed by atoms with Crippen molar-refractivity contribution in [3.8, 4) is 78.4 Å². The molecule has 2 nitrogen and oxygen atoms in total. The molecule has 10 rings (SSSR count). The predicted octanol–water partition coefficient (Wildman–Crippen LogP) is 13.9. The Morgan fingerprint density at radius 2 is 0.818 bits per heavy atom. The number of aromatic nitrogens is 2. The number of benzene rings is 8. The normalized spacial score (nSPS) is 12.7. The molecular weight excluding hydrogens is 665 g/mol. The molecule has 2 heteroatoms. The molecule has 0 amide bonds. The molecule has 0 aliphatic heterocycles. The summed E-state index contributed by atoms with van der Waals surface area (Å²) in [6.45, 7) is 4.71. The Balaban J connectivity index is 0.985. The maximum absolute atomic E-state index is 5.14. The molecule has 260 valence electrons. The zero-order valence-corrected chi connectivity index (χ0v) is 30.9. The molecule has 0 radical (unpaired) electrons. The van der Waals surface area contributed by atoms with Gasteiger partial charge in [0.25, 0.3) is 0 Å². The monoisotopic (exact) mass is 702 g/mol. The second kappa shape index (κ2) is 13.2. The highest BCUT2D eigenvalue weighted by molar-refractivity contribution is 6.05. The number of hydrogen-bond donors (Lipinski definition) is 0. The molecule has 0 fully saturated rings. The van der Waals surface area contributed by atoms with Crippen LogP contribution >= 0.6 is 0 Å². The van der Waals surface area contributed by atoms with Crippen molar-refractivity contribution in [2.75, 3.05) is 0 Å². The van der Waals surface area contributed by atoms with Crippen LogP contribution in [0.4, 0.5) is 0 Å². The van der Waals surface area contributed by atoms with Crippen molar-refractivity contribution in [3.05, 3.63) is 205 Å². The molecule has 1 aliphatic carbocycles. The van der Waals surface area contributed by atoms with E-state index in [9.17, 15) is 0 Å². The first-order valence-electron chi connectivity index (χ1n) is 19.0. The molecule has 0 saturated carbocycles. The van der Waals surface area contributed by atoms with Crippen LogP contribution in [0, 0.1) is 0 Å². The maximum Gasteiger partial charge on any atom is 0.160 e. The molecule has 9 aromatic rings. The van der Waals surface area contributed by atoms with E-state index in [4.69, 9.17) is 9.97 Å². The molecule has 0 atom stereocenters. The van der Waals surface area contributed by atoms with E-state index in [1.807, 2.05) is 24.3 Å². The highest BCUT2D eigenvalue weighted by atomic mass is 14.9. The molecule has 8 aromatic carbocycles. The third kappa shape index (κ3) is 5.66. The van der Waals surface area contributed by atoms with Crippen LogP contribution in [0.25, 0.3) is 89.2 Å². The van der Waals surface area contributed by atoms with Gasteiger partial charge in [-0.1, -0.05) is 202 Å². The van der Waals surface area contributed by atoms with E-state index in [-0.39, 0.29) is 5.41 Å². The van der Waals surface area contributed by atoms with Crippen molar-refractivity contribution in [1.29, 1.82) is 0 Å². The van der Waals surface area contributed by atoms with Crippen LogP contribution in [0.2, 0.25) is 0 Å². The van der Waals surface area contributed by atoms with Gasteiger partial charge in [-0.3, -0.25) is 0 Å². The van der Waals surface area contributed by atoms with E-state index in [0.717, 1.165) is 39.3 Å². The Hall–Kier alpha value is -6.90.